The first-order valence-electron chi connectivity index (χ1n) is 4.59. The van der Waals surface area contributed by atoms with Crippen molar-refractivity contribution < 1.29 is 24.2 Å². The Morgan fingerprint density at radius 2 is 1.93 bits per heavy atom. The third kappa shape index (κ3) is 4.11. The third-order valence-corrected chi connectivity index (χ3v) is 1.86. The van der Waals surface area contributed by atoms with E-state index in [4.69, 9.17) is 9.84 Å². The number of rotatable bonds is 5. The van der Waals surface area contributed by atoms with Crippen molar-refractivity contribution in [2.24, 2.45) is 5.92 Å². The van der Waals surface area contributed by atoms with Crippen LogP contribution in [0.1, 0.15) is 27.2 Å². The van der Waals surface area contributed by atoms with E-state index < -0.39 is 24.1 Å². The van der Waals surface area contributed by atoms with E-state index in [2.05, 4.69) is 4.74 Å². The molecule has 0 radical (unpaired) electrons. The average molecular weight is 204 g/mol. The summed E-state index contributed by atoms with van der Waals surface area (Å²) in [5.41, 5.74) is 0. The van der Waals surface area contributed by atoms with Crippen molar-refractivity contribution in [3.63, 3.8) is 0 Å². The van der Waals surface area contributed by atoms with Crippen LogP contribution < -0.4 is 0 Å². The van der Waals surface area contributed by atoms with Crippen molar-refractivity contribution in [3.05, 3.63) is 0 Å². The van der Waals surface area contributed by atoms with Crippen LogP contribution in [0.5, 0.6) is 0 Å². The molecule has 0 aliphatic carbocycles. The lowest BCUT2D eigenvalue weighted by Gasteiger charge is -2.18. The molecule has 0 saturated heterocycles. The molecule has 0 aliphatic rings. The molecular formula is C9H16O5. The Labute approximate surface area is 83.0 Å². The maximum atomic E-state index is 10.9. The van der Waals surface area contributed by atoms with Crippen LogP contribution in [0.15, 0.2) is 0 Å². The zero-order chi connectivity index (χ0) is 11.1. The molecule has 0 fully saturated rings. The molecule has 5 nitrogen and oxygen atoms in total. The Balaban J connectivity index is 4.14. The lowest BCUT2D eigenvalue weighted by molar-refractivity contribution is -0.145. The number of hydrogen-bond acceptors (Lipinski definition) is 4. The Kier molecular flexibility index (Phi) is 5.67. The summed E-state index contributed by atoms with van der Waals surface area (Å²) in [7, 11) is 0. The van der Waals surface area contributed by atoms with E-state index >= 15 is 0 Å². The van der Waals surface area contributed by atoms with Gasteiger partial charge in [0.05, 0.1) is 12.5 Å². The summed E-state index contributed by atoms with van der Waals surface area (Å²) in [6.07, 6.45) is -0.995. The van der Waals surface area contributed by atoms with Crippen LogP contribution in [0.4, 0.5) is 4.79 Å². The molecule has 0 heterocycles. The van der Waals surface area contributed by atoms with Gasteiger partial charge in [0.1, 0.15) is 6.10 Å². The molecule has 0 aromatic heterocycles. The van der Waals surface area contributed by atoms with Gasteiger partial charge in [-0.05, 0) is 20.3 Å². The second-order valence-corrected chi connectivity index (χ2v) is 2.87. The van der Waals surface area contributed by atoms with Crippen LogP contribution in [-0.2, 0) is 14.3 Å². The Morgan fingerprint density at radius 3 is 2.29 bits per heavy atom. The minimum Gasteiger partial charge on any atom is -0.481 e. The Morgan fingerprint density at radius 1 is 1.36 bits per heavy atom. The van der Waals surface area contributed by atoms with Gasteiger partial charge in [-0.3, -0.25) is 4.79 Å². The molecule has 5 heteroatoms. The summed E-state index contributed by atoms with van der Waals surface area (Å²) < 4.78 is 9.37. The molecule has 1 N–H and O–H groups in total. The summed E-state index contributed by atoms with van der Waals surface area (Å²) in [5, 5.41) is 8.69. The summed E-state index contributed by atoms with van der Waals surface area (Å²) in [6, 6.07) is 0. The summed E-state index contributed by atoms with van der Waals surface area (Å²) in [4.78, 5) is 21.5. The SMILES string of the molecule is CCOC(=O)OC(CC)C(C)C(=O)O. The van der Waals surface area contributed by atoms with Crippen LogP contribution in [0, 0.1) is 5.92 Å². The van der Waals surface area contributed by atoms with Crippen molar-refractivity contribution in [2.75, 3.05) is 6.61 Å². The van der Waals surface area contributed by atoms with E-state index in [1.165, 1.54) is 6.92 Å². The standard InChI is InChI=1S/C9H16O5/c1-4-7(6(3)8(10)11)14-9(12)13-5-2/h6-7H,4-5H2,1-3H3,(H,10,11). The molecule has 0 bridgehead atoms. The van der Waals surface area contributed by atoms with Crippen LogP contribution in [0.2, 0.25) is 0 Å². The van der Waals surface area contributed by atoms with Gasteiger partial charge in [-0.2, -0.15) is 0 Å². The minimum atomic E-state index is -0.985. The van der Waals surface area contributed by atoms with Gasteiger partial charge in [0.15, 0.2) is 0 Å². The van der Waals surface area contributed by atoms with Gasteiger partial charge in [0.25, 0.3) is 0 Å². The fourth-order valence-electron chi connectivity index (χ4n) is 0.973. The van der Waals surface area contributed by atoms with Crippen molar-refractivity contribution in [3.8, 4) is 0 Å². The number of ether oxygens (including phenoxy) is 2. The van der Waals surface area contributed by atoms with E-state index in [1.54, 1.807) is 13.8 Å². The largest absolute Gasteiger partial charge is 0.508 e. The zero-order valence-electron chi connectivity index (χ0n) is 8.65. The quantitative estimate of drug-likeness (QED) is 0.689. The molecule has 2 atom stereocenters. The molecule has 82 valence electrons. The van der Waals surface area contributed by atoms with Gasteiger partial charge < -0.3 is 14.6 Å². The number of carbonyl (C=O) groups excluding carboxylic acids is 1. The molecular weight excluding hydrogens is 188 g/mol. The maximum absolute atomic E-state index is 10.9. The minimum absolute atomic E-state index is 0.219. The first-order valence-corrected chi connectivity index (χ1v) is 4.59. The molecule has 0 saturated carbocycles. The normalized spacial score (nSPS) is 14.2. The molecule has 2 unspecified atom stereocenters. The predicted molar refractivity (Wildman–Crippen MR) is 49.0 cm³/mol. The average Bonchev–Trinajstić information content (AvgIpc) is 2.13. The van der Waals surface area contributed by atoms with E-state index in [-0.39, 0.29) is 6.61 Å². The molecule has 0 rings (SSSR count). The van der Waals surface area contributed by atoms with E-state index in [1.807, 2.05) is 0 Å². The van der Waals surface area contributed by atoms with E-state index in [0.717, 1.165) is 0 Å². The molecule has 0 aliphatic heterocycles. The highest BCUT2D eigenvalue weighted by atomic mass is 16.7. The number of carboxylic acid groups (broad SMARTS) is 1. The number of carbonyl (C=O) groups is 2. The lowest BCUT2D eigenvalue weighted by atomic mass is 10.0. The number of hydrogen-bond donors (Lipinski definition) is 1. The second-order valence-electron chi connectivity index (χ2n) is 2.87. The number of carboxylic acids is 1. The highest BCUT2D eigenvalue weighted by Crippen LogP contribution is 2.12. The third-order valence-electron chi connectivity index (χ3n) is 1.86. The molecule has 0 spiro atoms. The molecule has 0 amide bonds. The van der Waals surface area contributed by atoms with Crippen LogP contribution in [0.3, 0.4) is 0 Å². The van der Waals surface area contributed by atoms with Gasteiger partial charge in [-0.25, -0.2) is 4.79 Å². The van der Waals surface area contributed by atoms with Crippen LogP contribution in [-0.4, -0.2) is 29.9 Å². The fourth-order valence-corrected chi connectivity index (χ4v) is 0.973. The lowest BCUT2D eigenvalue weighted by Crippen LogP contribution is -2.30. The van der Waals surface area contributed by atoms with Crippen molar-refractivity contribution in [1.29, 1.82) is 0 Å². The zero-order valence-corrected chi connectivity index (χ0v) is 8.65. The predicted octanol–water partition coefficient (Wildman–Crippen LogP) is 1.66. The first-order chi connectivity index (χ1) is 6.52. The van der Waals surface area contributed by atoms with Gasteiger partial charge >= 0.3 is 12.1 Å². The summed E-state index contributed by atoms with van der Waals surface area (Å²) in [5.74, 6) is -1.70. The van der Waals surface area contributed by atoms with Gasteiger partial charge in [-0.1, -0.05) is 6.92 Å². The smallest absolute Gasteiger partial charge is 0.481 e. The summed E-state index contributed by atoms with van der Waals surface area (Å²) in [6.45, 7) is 5.12. The second kappa shape index (κ2) is 6.23. The van der Waals surface area contributed by atoms with Gasteiger partial charge in [0, 0.05) is 0 Å². The van der Waals surface area contributed by atoms with Crippen molar-refractivity contribution in [1.82, 2.24) is 0 Å². The maximum Gasteiger partial charge on any atom is 0.508 e. The topological polar surface area (TPSA) is 72.8 Å². The summed E-state index contributed by atoms with van der Waals surface area (Å²) >= 11 is 0. The Bertz CT molecular complexity index is 201. The van der Waals surface area contributed by atoms with Gasteiger partial charge in [0.2, 0.25) is 0 Å². The fraction of sp³-hybridized carbons (Fsp3) is 0.778. The molecule has 14 heavy (non-hydrogen) atoms. The molecule has 0 aromatic carbocycles. The van der Waals surface area contributed by atoms with E-state index in [0.29, 0.717) is 6.42 Å². The molecule has 0 aromatic rings. The van der Waals surface area contributed by atoms with Gasteiger partial charge in [-0.15, -0.1) is 0 Å². The van der Waals surface area contributed by atoms with Crippen LogP contribution >= 0.6 is 0 Å². The first kappa shape index (κ1) is 12.7. The van der Waals surface area contributed by atoms with Crippen LogP contribution in [0.25, 0.3) is 0 Å². The van der Waals surface area contributed by atoms with Crippen molar-refractivity contribution >= 4 is 12.1 Å². The van der Waals surface area contributed by atoms with Crippen molar-refractivity contribution in [2.45, 2.75) is 33.3 Å². The number of aliphatic carboxylic acids is 1. The monoisotopic (exact) mass is 204 g/mol. The Hall–Kier alpha value is -1.26. The highest BCUT2D eigenvalue weighted by molar-refractivity contribution is 5.71. The van der Waals surface area contributed by atoms with E-state index in [9.17, 15) is 9.59 Å². The highest BCUT2D eigenvalue weighted by Gasteiger charge is 2.25.